The van der Waals surface area contributed by atoms with Crippen LogP contribution in [0.3, 0.4) is 0 Å². The van der Waals surface area contributed by atoms with Crippen LogP contribution in [0.4, 0.5) is 5.82 Å². The summed E-state index contributed by atoms with van der Waals surface area (Å²) < 4.78 is 27.5. The van der Waals surface area contributed by atoms with E-state index in [9.17, 15) is 13.2 Å². The average Bonchev–Trinajstić information content (AvgIpc) is 3.23. The monoisotopic (exact) mass is 437 g/mol. The first-order valence-electron chi connectivity index (χ1n) is 10.9. The number of sulfonamides is 1. The Hall–Kier alpha value is -1.71. The molecule has 0 aromatic carbocycles. The molecule has 0 radical (unpaired) electrons. The molecular weight excluding hydrogens is 402 g/mol. The molecule has 0 atom stereocenters. The van der Waals surface area contributed by atoms with Crippen molar-refractivity contribution in [3.05, 3.63) is 18.3 Å². The van der Waals surface area contributed by atoms with Crippen molar-refractivity contribution in [2.45, 2.75) is 57.5 Å². The van der Waals surface area contributed by atoms with Crippen molar-refractivity contribution in [1.29, 1.82) is 0 Å². The second-order valence-electron chi connectivity index (χ2n) is 8.73. The molecule has 2 aliphatic rings. The highest BCUT2D eigenvalue weighted by Crippen LogP contribution is 2.23. The van der Waals surface area contributed by atoms with Gasteiger partial charge in [0.2, 0.25) is 15.9 Å². The summed E-state index contributed by atoms with van der Waals surface area (Å²) in [7, 11) is -3.58. The minimum Gasteiger partial charge on any atom is -0.354 e. The molecule has 30 heavy (non-hydrogen) atoms. The normalized spacial score (nSPS) is 18.8. The summed E-state index contributed by atoms with van der Waals surface area (Å²) in [5, 5.41) is 0. The first kappa shape index (κ1) is 23.0. The van der Waals surface area contributed by atoms with E-state index < -0.39 is 10.0 Å². The van der Waals surface area contributed by atoms with Gasteiger partial charge < -0.3 is 9.80 Å². The first-order valence-corrected chi connectivity index (χ1v) is 12.4. The molecule has 0 unspecified atom stereocenters. The molecule has 2 aliphatic heterocycles. The smallest absolute Gasteiger partial charge is 0.245 e. The van der Waals surface area contributed by atoms with E-state index in [1.54, 1.807) is 12.1 Å². The number of pyridine rings is 1. The van der Waals surface area contributed by atoms with Gasteiger partial charge in [0.1, 0.15) is 10.7 Å². The highest BCUT2D eigenvalue weighted by atomic mass is 32.2. The molecule has 1 aromatic rings. The van der Waals surface area contributed by atoms with Crippen LogP contribution in [0.1, 0.15) is 40.5 Å². The lowest BCUT2D eigenvalue weighted by Gasteiger charge is -2.35. The van der Waals surface area contributed by atoms with E-state index in [2.05, 4.69) is 14.8 Å². The summed E-state index contributed by atoms with van der Waals surface area (Å²) in [5.74, 6) is 1.01. The molecule has 3 heterocycles. The maximum atomic E-state index is 13.0. The van der Waals surface area contributed by atoms with Crippen molar-refractivity contribution < 1.29 is 13.2 Å². The van der Waals surface area contributed by atoms with E-state index in [1.807, 2.05) is 32.6 Å². The zero-order valence-electron chi connectivity index (χ0n) is 18.6. The maximum absolute atomic E-state index is 13.0. The highest BCUT2D eigenvalue weighted by molar-refractivity contribution is 7.89. The van der Waals surface area contributed by atoms with E-state index in [4.69, 9.17) is 0 Å². The van der Waals surface area contributed by atoms with Crippen molar-refractivity contribution in [2.75, 3.05) is 50.7 Å². The standard InChI is InChI=1S/C21H35N5O3S/c1-17(2)26(18(3)4)30(28,29)19-7-8-20(22-15-19)24-13-11-23(12-14-24)16-21(27)25-9-5-6-10-25/h7-8,15,17-18H,5-6,9-14,16H2,1-4H3. The average molecular weight is 438 g/mol. The molecule has 0 spiro atoms. The summed E-state index contributed by atoms with van der Waals surface area (Å²) in [5.41, 5.74) is 0. The molecule has 8 nitrogen and oxygen atoms in total. The minimum absolute atomic E-state index is 0.119. The predicted molar refractivity (Wildman–Crippen MR) is 118 cm³/mol. The van der Waals surface area contributed by atoms with Crippen molar-refractivity contribution in [1.82, 2.24) is 19.1 Å². The van der Waals surface area contributed by atoms with Crippen molar-refractivity contribution in [3.63, 3.8) is 0 Å². The lowest BCUT2D eigenvalue weighted by molar-refractivity contribution is -0.131. The second-order valence-corrected chi connectivity index (χ2v) is 10.6. The van der Waals surface area contributed by atoms with Gasteiger partial charge in [-0.1, -0.05) is 0 Å². The molecule has 2 saturated heterocycles. The molecule has 0 saturated carbocycles. The summed E-state index contributed by atoms with van der Waals surface area (Å²) >= 11 is 0. The van der Waals surface area contributed by atoms with Gasteiger partial charge in [0.25, 0.3) is 0 Å². The molecule has 2 fully saturated rings. The van der Waals surface area contributed by atoms with Gasteiger partial charge in [-0.3, -0.25) is 9.69 Å². The van der Waals surface area contributed by atoms with Crippen molar-refractivity contribution >= 4 is 21.7 Å². The fourth-order valence-corrected chi connectivity index (χ4v) is 6.16. The molecule has 1 amide bonds. The van der Waals surface area contributed by atoms with Gasteiger partial charge in [-0.2, -0.15) is 4.31 Å². The van der Waals surface area contributed by atoms with Crippen molar-refractivity contribution in [2.24, 2.45) is 0 Å². The number of carbonyl (C=O) groups is 1. The molecular formula is C21H35N5O3S. The van der Waals surface area contributed by atoms with Gasteiger partial charge in [-0.25, -0.2) is 13.4 Å². The highest BCUT2D eigenvalue weighted by Gasteiger charge is 2.30. The maximum Gasteiger partial charge on any atom is 0.245 e. The number of hydrogen-bond acceptors (Lipinski definition) is 6. The number of aromatic nitrogens is 1. The number of amides is 1. The molecule has 3 rings (SSSR count). The topological polar surface area (TPSA) is 77.1 Å². The number of carbonyl (C=O) groups excluding carboxylic acids is 1. The number of nitrogens with zero attached hydrogens (tertiary/aromatic N) is 5. The molecule has 1 aromatic heterocycles. The number of piperazine rings is 1. The van der Waals surface area contributed by atoms with Crippen LogP contribution in [0.2, 0.25) is 0 Å². The van der Waals surface area contributed by atoms with Gasteiger partial charge in [0.15, 0.2) is 0 Å². The minimum atomic E-state index is -3.58. The molecule has 9 heteroatoms. The van der Waals surface area contributed by atoms with E-state index in [0.29, 0.717) is 6.54 Å². The van der Waals surface area contributed by atoms with Crippen LogP contribution >= 0.6 is 0 Å². The molecule has 168 valence electrons. The largest absolute Gasteiger partial charge is 0.354 e. The third-order valence-corrected chi connectivity index (χ3v) is 8.06. The van der Waals surface area contributed by atoms with Gasteiger partial charge in [0, 0.05) is 57.5 Å². The Bertz CT molecular complexity index is 804. The fourth-order valence-electron chi connectivity index (χ4n) is 4.38. The SMILES string of the molecule is CC(C)N(C(C)C)S(=O)(=O)c1ccc(N2CCN(CC(=O)N3CCCC3)CC2)nc1. The summed E-state index contributed by atoms with van der Waals surface area (Å²) in [6.07, 6.45) is 3.69. The van der Waals surface area contributed by atoms with Gasteiger partial charge in [-0.15, -0.1) is 0 Å². The van der Waals surface area contributed by atoms with Crippen LogP contribution < -0.4 is 4.90 Å². The Morgan fingerprint density at radius 3 is 2.10 bits per heavy atom. The Morgan fingerprint density at radius 2 is 1.60 bits per heavy atom. The van der Waals surface area contributed by atoms with Gasteiger partial charge in [-0.05, 0) is 52.7 Å². The van der Waals surface area contributed by atoms with E-state index in [0.717, 1.165) is 57.9 Å². The van der Waals surface area contributed by atoms with Crippen LogP contribution in [0, 0.1) is 0 Å². The molecule has 0 aliphatic carbocycles. The molecule has 0 N–H and O–H groups in total. The predicted octanol–water partition coefficient (Wildman–Crippen LogP) is 1.63. The third-order valence-electron chi connectivity index (χ3n) is 5.83. The van der Waals surface area contributed by atoms with Crippen LogP contribution in [-0.4, -0.2) is 91.3 Å². The van der Waals surface area contributed by atoms with Crippen LogP contribution in [0.25, 0.3) is 0 Å². The number of rotatable bonds is 7. The van der Waals surface area contributed by atoms with Crippen LogP contribution in [0.15, 0.2) is 23.2 Å². The quantitative estimate of drug-likeness (QED) is 0.645. The lowest BCUT2D eigenvalue weighted by Crippen LogP contribution is -2.50. The third kappa shape index (κ3) is 5.12. The Labute approximate surface area is 180 Å². The Kier molecular flexibility index (Phi) is 7.36. The van der Waals surface area contributed by atoms with Gasteiger partial charge >= 0.3 is 0 Å². The first-order chi connectivity index (χ1) is 14.2. The zero-order chi connectivity index (χ0) is 21.9. The molecule has 0 bridgehead atoms. The number of hydrogen-bond donors (Lipinski definition) is 0. The lowest BCUT2D eigenvalue weighted by atomic mass is 10.3. The van der Waals surface area contributed by atoms with E-state index in [-0.39, 0.29) is 22.9 Å². The fraction of sp³-hybridized carbons (Fsp3) is 0.714. The summed E-state index contributed by atoms with van der Waals surface area (Å²) in [6, 6.07) is 3.20. The van der Waals surface area contributed by atoms with E-state index >= 15 is 0 Å². The number of likely N-dealkylation sites (tertiary alicyclic amines) is 1. The van der Waals surface area contributed by atoms with Crippen LogP contribution in [0.5, 0.6) is 0 Å². The second kappa shape index (κ2) is 9.62. The zero-order valence-corrected chi connectivity index (χ0v) is 19.4. The summed E-state index contributed by atoms with van der Waals surface area (Å²) in [4.78, 5) is 23.3. The Morgan fingerprint density at radius 1 is 1.00 bits per heavy atom. The van der Waals surface area contributed by atoms with E-state index in [1.165, 1.54) is 10.5 Å². The van der Waals surface area contributed by atoms with Gasteiger partial charge in [0.05, 0.1) is 6.54 Å². The van der Waals surface area contributed by atoms with Crippen molar-refractivity contribution in [3.8, 4) is 0 Å². The summed E-state index contributed by atoms with van der Waals surface area (Å²) in [6.45, 7) is 12.9. The number of anilines is 1. The Balaban J connectivity index is 1.59. The van der Waals surface area contributed by atoms with Crippen LogP contribution in [-0.2, 0) is 14.8 Å².